The SMILES string of the molecule is Cc1ccc(NC(=O)CN2C(=O)N[C@](C)(C3CC3)C2=O)c([N+](=O)[O-])c1. The second kappa shape index (κ2) is 5.83. The number of rotatable bonds is 5. The minimum atomic E-state index is -0.965. The van der Waals surface area contributed by atoms with Gasteiger partial charge in [-0.25, -0.2) is 4.79 Å². The van der Waals surface area contributed by atoms with Crippen molar-refractivity contribution in [2.24, 2.45) is 5.92 Å². The number of imide groups is 1. The van der Waals surface area contributed by atoms with Crippen molar-refractivity contribution in [1.82, 2.24) is 10.2 Å². The fraction of sp³-hybridized carbons (Fsp3) is 0.438. The average Bonchev–Trinajstić information content (AvgIpc) is 3.35. The lowest BCUT2D eigenvalue weighted by atomic mass is 9.96. The van der Waals surface area contributed by atoms with Crippen molar-refractivity contribution in [2.75, 3.05) is 11.9 Å². The Bertz CT molecular complexity index is 789. The van der Waals surface area contributed by atoms with E-state index in [0.29, 0.717) is 5.56 Å². The van der Waals surface area contributed by atoms with Gasteiger partial charge in [0.1, 0.15) is 17.8 Å². The molecule has 2 N–H and O–H groups in total. The maximum atomic E-state index is 12.5. The largest absolute Gasteiger partial charge is 0.325 e. The molecule has 1 saturated carbocycles. The summed E-state index contributed by atoms with van der Waals surface area (Å²) < 4.78 is 0. The van der Waals surface area contributed by atoms with Crippen LogP contribution in [0.2, 0.25) is 0 Å². The molecule has 25 heavy (non-hydrogen) atoms. The van der Waals surface area contributed by atoms with Crippen LogP contribution in [-0.4, -0.2) is 39.8 Å². The third kappa shape index (κ3) is 3.04. The standard InChI is InChI=1S/C16H18N4O5/c1-9-3-6-11(12(7-9)20(24)25)17-13(21)8-19-14(22)16(2,10-4-5-10)18-15(19)23/h3,6-7,10H,4-5,8H2,1-2H3,(H,17,21)(H,18,23)/t16-/m1/s1. The lowest BCUT2D eigenvalue weighted by molar-refractivity contribution is -0.384. The van der Waals surface area contributed by atoms with Crippen LogP contribution in [0, 0.1) is 23.0 Å². The molecule has 9 nitrogen and oxygen atoms in total. The molecule has 1 heterocycles. The maximum absolute atomic E-state index is 12.5. The predicted octanol–water partition coefficient (Wildman–Crippen LogP) is 1.56. The summed E-state index contributed by atoms with van der Waals surface area (Å²) in [5.74, 6) is -1.01. The van der Waals surface area contributed by atoms with Crippen LogP contribution in [0.25, 0.3) is 0 Å². The van der Waals surface area contributed by atoms with E-state index in [1.807, 2.05) is 0 Å². The summed E-state index contributed by atoms with van der Waals surface area (Å²) in [6.45, 7) is 2.87. The first kappa shape index (κ1) is 16.9. The predicted molar refractivity (Wildman–Crippen MR) is 87.8 cm³/mol. The highest BCUT2D eigenvalue weighted by atomic mass is 16.6. The molecule has 0 aromatic heterocycles. The van der Waals surface area contributed by atoms with E-state index in [9.17, 15) is 24.5 Å². The molecule has 132 valence electrons. The van der Waals surface area contributed by atoms with E-state index >= 15 is 0 Å². The minimum Gasteiger partial charge on any atom is -0.323 e. The summed E-state index contributed by atoms with van der Waals surface area (Å²) in [4.78, 5) is 48.1. The summed E-state index contributed by atoms with van der Waals surface area (Å²) in [5, 5.41) is 16.1. The zero-order chi connectivity index (χ0) is 18.4. The molecule has 0 unspecified atom stereocenters. The van der Waals surface area contributed by atoms with Gasteiger partial charge in [-0.05, 0) is 44.2 Å². The van der Waals surface area contributed by atoms with Crippen molar-refractivity contribution in [2.45, 2.75) is 32.2 Å². The van der Waals surface area contributed by atoms with Crippen LogP contribution >= 0.6 is 0 Å². The molecule has 4 amide bonds. The van der Waals surface area contributed by atoms with Gasteiger partial charge in [0.05, 0.1) is 4.92 Å². The number of nitro groups is 1. The third-order valence-electron chi connectivity index (χ3n) is 4.62. The summed E-state index contributed by atoms with van der Waals surface area (Å²) in [7, 11) is 0. The Morgan fingerprint density at radius 2 is 2.12 bits per heavy atom. The van der Waals surface area contributed by atoms with Crippen LogP contribution < -0.4 is 10.6 Å². The van der Waals surface area contributed by atoms with Gasteiger partial charge in [-0.3, -0.25) is 24.6 Å². The number of carbonyl (C=O) groups is 3. The maximum Gasteiger partial charge on any atom is 0.325 e. The van der Waals surface area contributed by atoms with E-state index in [1.54, 1.807) is 19.9 Å². The topological polar surface area (TPSA) is 122 Å². The highest BCUT2D eigenvalue weighted by molar-refractivity contribution is 6.10. The Kier molecular flexibility index (Phi) is 3.94. The van der Waals surface area contributed by atoms with E-state index in [-0.39, 0.29) is 17.3 Å². The number of benzene rings is 1. The first-order valence-corrected chi connectivity index (χ1v) is 7.91. The van der Waals surface area contributed by atoms with Crippen LogP contribution in [0.3, 0.4) is 0 Å². The third-order valence-corrected chi connectivity index (χ3v) is 4.62. The van der Waals surface area contributed by atoms with Crippen LogP contribution in [0.15, 0.2) is 18.2 Å². The van der Waals surface area contributed by atoms with E-state index in [2.05, 4.69) is 10.6 Å². The molecule has 1 atom stereocenters. The summed E-state index contributed by atoms with van der Waals surface area (Å²) >= 11 is 0. The number of hydrogen-bond donors (Lipinski definition) is 2. The van der Waals surface area contributed by atoms with Crippen molar-refractivity contribution in [1.29, 1.82) is 0 Å². The monoisotopic (exact) mass is 346 g/mol. The molecule has 9 heteroatoms. The minimum absolute atomic E-state index is 0.0256. The second-order valence-electron chi connectivity index (χ2n) is 6.62. The molecule has 0 radical (unpaired) electrons. The number of urea groups is 1. The molecular formula is C16H18N4O5. The number of anilines is 1. The number of nitrogens with zero attached hydrogens (tertiary/aromatic N) is 2. The number of aryl methyl sites for hydroxylation is 1. The molecule has 0 spiro atoms. The van der Waals surface area contributed by atoms with Gasteiger partial charge in [0.15, 0.2) is 0 Å². The van der Waals surface area contributed by atoms with Crippen LogP contribution in [0.1, 0.15) is 25.3 Å². The van der Waals surface area contributed by atoms with Gasteiger partial charge in [-0.15, -0.1) is 0 Å². The fourth-order valence-corrected chi connectivity index (χ4v) is 3.03. The number of hydrogen-bond acceptors (Lipinski definition) is 5. The molecule has 1 aromatic rings. The van der Waals surface area contributed by atoms with Crippen molar-refractivity contribution in [3.8, 4) is 0 Å². The molecule has 1 saturated heterocycles. The number of nitro benzene ring substituents is 1. The van der Waals surface area contributed by atoms with Gasteiger partial charge in [0.2, 0.25) is 5.91 Å². The summed E-state index contributed by atoms with van der Waals surface area (Å²) in [6.07, 6.45) is 1.72. The molecule has 0 bridgehead atoms. The van der Waals surface area contributed by atoms with Gasteiger partial charge < -0.3 is 10.6 Å². The van der Waals surface area contributed by atoms with Crippen molar-refractivity contribution in [3.63, 3.8) is 0 Å². The molecule has 2 aliphatic rings. The summed E-state index contributed by atoms with van der Waals surface area (Å²) in [6, 6.07) is 3.77. The highest BCUT2D eigenvalue weighted by Gasteiger charge is 2.56. The first-order valence-electron chi connectivity index (χ1n) is 7.91. The number of nitrogens with one attached hydrogen (secondary N) is 2. The van der Waals surface area contributed by atoms with Gasteiger partial charge in [0, 0.05) is 6.07 Å². The molecule has 1 aromatic carbocycles. The normalized spacial score (nSPS) is 22.7. The van der Waals surface area contributed by atoms with E-state index in [0.717, 1.165) is 17.7 Å². The Labute approximate surface area is 143 Å². The first-order chi connectivity index (χ1) is 11.7. The number of carbonyl (C=O) groups excluding carboxylic acids is 3. The molecule has 3 rings (SSSR count). The van der Waals surface area contributed by atoms with Crippen molar-refractivity contribution < 1.29 is 19.3 Å². The molecule has 1 aliphatic heterocycles. The van der Waals surface area contributed by atoms with E-state index in [1.165, 1.54) is 12.1 Å². The summed E-state index contributed by atoms with van der Waals surface area (Å²) in [5.41, 5.74) is -0.502. The Balaban J connectivity index is 1.72. The van der Waals surface area contributed by atoms with Gasteiger partial charge in [-0.2, -0.15) is 0 Å². The van der Waals surface area contributed by atoms with Gasteiger partial charge in [0.25, 0.3) is 11.6 Å². The average molecular weight is 346 g/mol. The molecular weight excluding hydrogens is 328 g/mol. The Morgan fingerprint density at radius 3 is 2.72 bits per heavy atom. The van der Waals surface area contributed by atoms with Crippen LogP contribution in [0.5, 0.6) is 0 Å². The Hall–Kier alpha value is -2.97. The van der Waals surface area contributed by atoms with Crippen molar-refractivity contribution >= 4 is 29.2 Å². The number of amides is 4. The highest BCUT2D eigenvalue weighted by Crippen LogP contribution is 2.42. The van der Waals surface area contributed by atoms with Crippen LogP contribution in [-0.2, 0) is 9.59 Å². The fourth-order valence-electron chi connectivity index (χ4n) is 3.03. The lowest BCUT2D eigenvalue weighted by Gasteiger charge is -2.20. The van der Waals surface area contributed by atoms with Gasteiger partial charge >= 0.3 is 6.03 Å². The van der Waals surface area contributed by atoms with Crippen molar-refractivity contribution in [3.05, 3.63) is 33.9 Å². The zero-order valence-electron chi connectivity index (χ0n) is 13.9. The Morgan fingerprint density at radius 1 is 1.44 bits per heavy atom. The van der Waals surface area contributed by atoms with Crippen LogP contribution in [0.4, 0.5) is 16.2 Å². The second-order valence-corrected chi connectivity index (χ2v) is 6.62. The molecule has 1 aliphatic carbocycles. The van der Waals surface area contributed by atoms with Gasteiger partial charge in [-0.1, -0.05) is 6.07 Å². The molecule has 2 fully saturated rings. The zero-order valence-corrected chi connectivity index (χ0v) is 13.9. The van der Waals surface area contributed by atoms with E-state index in [4.69, 9.17) is 0 Å². The smallest absolute Gasteiger partial charge is 0.323 e. The quantitative estimate of drug-likeness (QED) is 0.476. The lowest BCUT2D eigenvalue weighted by Crippen LogP contribution is -2.46. The van der Waals surface area contributed by atoms with E-state index < -0.39 is 34.9 Å².